The van der Waals surface area contributed by atoms with E-state index in [9.17, 15) is 13.2 Å². The molecule has 2 aromatic rings. The van der Waals surface area contributed by atoms with Crippen molar-refractivity contribution in [2.75, 3.05) is 34.4 Å². The van der Waals surface area contributed by atoms with Gasteiger partial charge >= 0.3 is 0 Å². The molecule has 1 atom stereocenters. The van der Waals surface area contributed by atoms with E-state index >= 15 is 0 Å². The van der Waals surface area contributed by atoms with Crippen molar-refractivity contribution in [3.05, 3.63) is 48.0 Å². The quantitative estimate of drug-likeness (QED) is 0.648. The van der Waals surface area contributed by atoms with Crippen molar-refractivity contribution >= 4 is 15.9 Å². The minimum absolute atomic E-state index is 0.0281. The molecule has 0 radical (unpaired) electrons. The molecule has 2 aromatic carbocycles. The lowest BCUT2D eigenvalue weighted by Gasteiger charge is -2.38. The molecule has 3 rings (SSSR count). The number of hydrogen-bond donors (Lipinski definition) is 1. The zero-order valence-electron chi connectivity index (χ0n) is 18.9. The molecule has 1 heterocycles. The summed E-state index contributed by atoms with van der Waals surface area (Å²) in [5.41, 5.74) is 0.0544. The van der Waals surface area contributed by atoms with Gasteiger partial charge in [0.1, 0.15) is 22.1 Å². The predicted octanol–water partition coefficient (Wildman–Crippen LogP) is 2.82. The molecule has 0 bridgehead atoms. The van der Waals surface area contributed by atoms with Crippen LogP contribution in [-0.4, -0.2) is 53.0 Å². The van der Waals surface area contributed by atoms with Crippen LogP contribution in [0.3, 0.4) is 0 Å². The van der Waals surface area contributed by atoms with E-state index in [1.54, 1.807) is 26.2 Å². The molecular formula is C23H30N2O6S. The molecule has 0 saturated carbocycles. The summed E-state index contributed by atoms with van der Waals surface area (Å²) in [5.74, 6) is 1.18. The van der Waals surface area contributed by atoms with Gasteiger partial charge in [-0.3, -0.25) is 4.79 Å². The first kappa shape index (κ1) is 23.9. The molecule has 1 aliphatic rings. The number of rotatable bonds is 8. The molecule has 1 saturated heterocycles. The fraction of sp³-hybridized carbons (Fsp3) is 0.435. The summed E-state index contributed by atoms with van der Waals surface area (Å²) in [6.45, 7) is 2.56. The van der Waals surface area contributed by atoms with Crippen LogP contribution < -0.4 is 19.5 Å². The highest BCUT2D eigenvalue weighted by Gasteiger charge is 2.42. The van der Waals surface area contributed by atoms with Crippen molar-refractivity contribution in [2.45, 2.75) is 31.2 Å². The van der Waals surface area contributed by atoms with E-state index in [-0.39, 0.29) is 23.1 Å². The van der Waals surface area contributed by atoms with Gasteiger partial charge in [0.2, 0.25) is 15.9 Å². The number of piperidine rings is 1. The SMILES string of the molecule is COc1cccc(CNC(=O)C2(C)CCCN(S(=O)(=O)c3cc(OC)ccc3OC)C2)c1. The monoisotopic (exact) mass is 462 g/mol. The van der Waals surface area contributed by atoms with Crippen LogP contribution in [0.15, 0.2) is 47.4 Å². The maximum atomic E-state index is 13.4. The second-order valence-corrected chi connectivity index (χ2v) is 9.96. The number of sulfonamides is 1. The molecule has 0 aliphatic carbocycles. The van der Waals surface area contributed by atoms with Gasteiger partial charge in [0.15, 0.2) is 0 Å². The third-order valence-corrected chi connectivity index (χ3v) is 7.65. The van der Waals surface area contributed by atoms with E-state index in [4.69, 9.17) is 14.2 Å². The summed E-state index contributed by atoms with van der Waals surface area (Å²) in [5, 5.41) is 2.95. The van der Waals surface area contributed by atoms with Gasteiger partial charge < -0.3 is 19.5 Å². The maximum absolute atomic E-state index is 13.4. The second kappa shape index (κ2) is 9.79. The molecule has 0 spiro atoms. The molecule has 174 valence electrons. The fourth-order valence-corrected chi connectivity index (χ4v) is 5.66. The minimum Gasteiger partial charge on any atom is -0.497 e. The van der Waals surface area contributed by atoms with Crippen molar-refractivity contribution in [2.24, 2.45) is 5.41 Å². The summed E-state index contributed by atoms with van der Waals surface area (Å²) in [4.78, 5) is 13.1. The van der Waals surface area contributed by atoms with Crippen molar-refractivity contribution in [3.8, 4) is 17.2 Å². The number of hydrogen-bond acceptors (Lipinski definition) is 6. The van der Waals surface area contributed by atoms with E-state index in [0.29, 0.717) is 37.4 Å². The fourth-order valence-electron chi connectivity index (χ4n) is 3.89. The Kier molecular flexibility index (Phi) is 7.30. The van der Waals surface area contributed by atoms with E-state index < -0.39 is 15.4 Å². The number of ether oxygens (including phenoxy) is 3. The Morgan fingerprint density at radius 3 is 2.47 bits per heavy atom. The molecule has 1 N–H and O–H groups in total. The van der Waals surface area contributed by atoms with Crippen LogP contribution in [0.25, 0.3) is 0 Å². The third kappa shape index (κ3) is 4.99. The van der Waals surface area contributed by atoms with Crippen LogP contribution in [0.5, 0.6) is 17.2 Å². The predicted molar refractivity (Wildman–Crippen MR) is 120 cm³/mol. The summed E-state index contributed by atoms with van der Waals surface area (Å²) in [7, 11) is 0.603. The van der Waals surface area contributed by atoms with Crippen molar-refractivity contribution in [1.29, 1.82) is 0 Å². The van der Waals surface area contributed by atoms with Gasteiger partial charge in [-0.2, -0.15) is 4.31 Å². The number of benzene rings is 2. The number of carbonyl (C=O) groups is 1. The van der Waals surface area contributed by atoms with E-state index in [0.717, 1.165) is 5.56 Å². The van der Waals surface area contributed by atoms with E-state index in [1.165, 1.54) is 24.6 Å². The van der Waals surface area contributed by atoms with Crippen LogP contribution in [-0.2, 0) is 21.4 Å². The second-order valence-electron chi connectivity index (χ2n) is 8.05. The van der Waals surface area contributed by atoms with Crippen LogP contribution in [0.1, 0.15) is 25.3 Å². The molecule has 9 heteroatoms. The van der Waals surface area contributed by atoms with Gasteiger partial charge in [-0.15, -0.1) is 0 Å². The molecule has 1 aliphatic heterocycles. The van der Waals surface area contributed by atoms with Crippen molar-refractivity contribution < 1.29 is 27.4 Å². The third-order valence-electron chi connectivity index (χ3n) is 5.79. The number of nitrogens with one attached hydrogen (secondary N) is 1. The van der Waals surface area contributed by atoms with Crippen molar-refractivity contribution in [3.63, 3.8) is 0 Å². The first-order valence-corrected chi connectivity index (χ1v) is 11.8. The van der Waals surface area contributed by atoms with Crippen LogP contribution >= 0.6 is 0 Å². The summed E-state index contributed by atoms with van der Waals surface area (Å²) >= 11 is 0. The Morgan fingerprint density at radius 1 is 1.06 bits per heavy atom. The van der Waals surface area contributed by atoms with Gasteiger partial charge in [0.25, 0.3) is 0 Å². The molecular weight excluding hydrogens is 432 g/mol. The Balaban J connectivity index is 1.78. The maximum Gasteiger partial charge on any atom is 0.246 e. The Labute approximate surface area is 189 Å². The zero-order chi connectivity index (χ0) is 23.4. The first-order chi connectivity index (χ1) is 15.2. The summed E-state index contributed by atoms with van der Waals surface area (Å²) in [6.07, 6.45) is 1.17. The highest BCUT2D eigenvalue weighted by molar-refractivity contribution is 7.89. The lowest BCUT2D eigenvalue weighted by molar-refractivity contribution is -0.132. The van der Waals surface area contributed by atoms with E-state index in [1.807, 2.05) is 24.3 Å². The molecule has 1 amide bonds. The highest BCUT2D eigenvalue weighted by Crippen LogP contribution is 2.36. The number of nitrogens with zero attached hydrogens (tertiary/aromatic N) is 1. The van der Waals surface area contributed by atoms with Gasteiger partial charge in [-0.05, 0) is 49.6 Å². The minimum atomic E-state index is -3.89. The number of amides is 1. The average molecular weight is 463 g/mol. The Morgan fingerprint density at radius 2 is 1.78 bits per heavy atom. The van der Waals surface area contributed by atoms with Crippen LogP contribution in [0, 0.1) is 5.41 Å². The van der Waals surface area contributed by atoms with Gasteiger partial charge in [-0.25, -0.2) is 8.42 Å². The molecule has 0 aromatic heterocycles. The Bertz CT molecular complexity index is 1070. The standard InChI is InChI=1S/C23H30N2O6S/c1-23(22(26)24-15-17-7-5-8-18(13-17)29-2)11-6-12-25(16-23)32(27,28)21-14-19(30-3)9-10-20(21)31-4/h5,7-10,13-14H,6,11-12,15-16H2,1-4H3,(H,24,26). The topological polar surface area (TPSA) is 94.2 Å². The molecule has 8 nitrogen and oxygen atoms in total. The summed E-state index contributed by atoms with van der Waals surface area (Å²) in [6, 6.07) is 12.1. The first-order valence-electron chi connectivity index (χ1n) is 10.4. The average Bonchev–Trinajstić information content (AvgIpc) is 2.82. The number of methoxy groups -OCH3 is 3. The van der Waals surface area contributed by atoms with E-state index in [2.05, 4.69) is 5.32 Å². The smallest absolute Gasteiger partial charge is 0.246 e. The number of carbonyl (C=O) groups excluding carboxylic acids is 1. The molecule has 32 heavy (non-hydrogen) atoms. The van der Waals surface area contributed by atoms with Crippen molar-refractivity contribution in [1.82, 2.24) is 9.62 Å². The lowest BCUT2D eigenvalue weighted by Crippen LogP contribution is -2.51. The molecule has 1 unspecified atom stereocenters. The highest BCUT2D eigenvalue weighted by atomic mass is 32.2. The summed E-state index contributed by atoms with van der Waals surface area (Å²) < 4.78 is 43.9. The zero-order valence-corrected chi connectivity index (χ0v) is 19.7. The Hall–Kier alpha value is -2.78. The molecule has 1 fully saturated rings. The van der Waals surface area contributed by atoms with Gasteiger partial charge in [-0.1, -0.05) is 12.1 Å². The van der Waals surface area contributed by atoms with Gasteiger partial charge in [0.05, 0.1) is 26.7 Å². The largest absolute Gasteiger partial charge is 0.497 e. The van der Waals surface area contributed by atoms with Gasteiger partial charge in [0, 0.05) is 25.7 Å². The van der Waals surface area contributed by atoms with Crippen LogP contribution in [0.2, 0.25) is 0 Å². The normalized spacial score (nSPS) is 19.2. The van der Waals surface area contributed by atoms with Crippen LogP contribution in [0.4, 0.5) is 0 Å². The lowest BCUT2D eigenvalue weighted by atomic mass is 9.82.